The molecule has 0 saturated carbocycles. The zero-order chi connectivity index (χ0) is 22.8. The molecule has 0 N–H and O–H groups in total. The zero-order valence-electron chi connectivity index (χ0n) is 18.9. The molecule has 2 atom stereocenters. The van der Waals surface area contributed by atoms with Crippen molar-refractivity contribution >= 4 is 17.7 Å². The van der Waals surface area contributed by atoms with Crippen molar-refractivity contribution in [2.45, 2.75) is 56.9 Å². The summed E-state index contributed by atoms with van der Waals surface area (Å²) in [7, 11) is 0. The number of piperidine rings is 1. The molecule has 7 nitrogen and oxygen atoms in total. The molecule has 1 saturated heterocycles. The third-order valence-electron chi connectivity index (χ3n) is 6.33. The van der Waals surface area contributed by atoms with Gasteiger partial charge < -0.3 is 14.4 Å². The highest BCUT2D eigenvalue weighted by atomic mass is 32.2. The number of benzene rings is 2. The summed E-state index contributed by atoms with van der Waals surface area (Å²) in [6.07, 6.45) is 3.32. The number of carbonyl (C=O) groups is 1. The molecule has 172 valence electrons. The van der Waals surface area contributed by atoms with Crippen LogP contribution in [0.25, 0.3) is 11.4 Å². The van der Waals surface area contributed by atoms with Gasteiger partial charge in [0.15, 0.2) is 22.5 Å². The Kier molecular flexibility index (Phi) is 6.26. The highest BCUT2D eigenvalue weighted by Gasteiger charge is 2.29. The molecule has 0 aliphatic carbocycles. The maximum atomic E-state index is 13.1. The van der Waals surface area contributed by atoms with Crippen molar-refractivity contribution in [1.82, 2.24) is 19.7 Å². The van der Waals surface area contributed by atoms with Gasteiger partial charge in [0.25, 0.3) is 0 Å². The number of thioether (sulfide) groups is 1. The Hall–Kier alpha value is -3.00. The predicted octanol–water partition coefficient (Wildman–Crippen LogP) is 4.60. The van der Waals surface area contributed by atoms with Gasteiger partial charge in [-0.2, -0.15) is 0 Å². The summed E-state index contributed by atoms with van der Waals surface area (Å²) >= 11 is 1.46. The van der Waals surface area contributed by atoms with Gasteiger partial charge >= 0.3 is 0 Å². The number of aromatic nitrogens is 3. The number of hydrogen-bond donors (Lipinski definition) is 0. The fraction of sp³-hybridized carbons (Fsp3) is 0.400. The molecule has 0 bridgehead atoms. The summed E-state index contributed by atoms with van der Waals surface area (Å²) in [5, 5.41) is 9.69. The van der Waals surface area contributed by atoms with Crippen molar-refractivity contribution in [3.8, 4) is 22.9 Å². The first-order valence-electron chi connectivity index (χ1n) is 11.4. The van der Waals surface area contributed by atoms with Crippen molar-refractivity contribution in [3.63, 3.8) is 0 Å². The van der Waals surface area contributed by atoms with Crippen molar-refractivity contribution in [3.05, 3.63) is 54.1 Å². The average Bonchev–Trinajstić information content (AvgIpc) is 3.45. The first-order valence-corrected chi connectivity index (χ1v) is 12.4. The van der Waals surface area contributed by atoms with Crippen LogP contribution in [0.3, 0.4) is 0 Å². The molecular weight excluding hydrogens is 436 g/mol. The van der Waals surface area contributed by atoms with E-state index in [-0.39, 0.29) is 24.8 Å². The fourth-order valence-corrected chi connectivity index (χ4v) is 5.48. The van der Waals surface area contributed by atoms with Gasteiger partial charge in [0.1, 0.15) is 0 Å². The van der Waals surface area contributed by atoms with Crippen molar-refractivity contribution < 1.29 is 14.3 Å². The highest BCUT2D eigenvalue weighted by molar-refractivity contribution is 7.99. The van der Waals surface area contributed by atoms with Crippen LogP contribution in [0.5, 0.6) is 11.5 Å². The molecule has 5 rings (SSSR count). The number of carbonyl (C=O) groups excluding carboxylic acids is 1. The molecule has 0 radical (unpaired) electrons. The quantitative estimate of drug-likeness (QED) is 0.497. The van der Waals surface area contributed by atoms with Crippen molar-refractivity contribution in [1.29, 1.82) is 0 Å². The van der Waals surface area contributed by atoms with E-state index in [4.69, 9.17) is 9.47 Å². The van der Waals surface area contributed by atoms with E-state index in [1.807, 2.05) is 53.4 Å². The van der Waals surface area contributed by atoms with Crippen LogP contribution in [0.2, 0.25) is 0 Å². The first-order chi connectivity index (χ1) is 16.1. The van der Waals surface area contributed by atoms with Gasteiger partial charge in [-0.05, 0) is 50.8 Å². The molecule has 3 heterocycles. The second-order valence-electron chi connectivity index (χ2n) is 8.66. The Bertz CT molecular complexity index is 1120. The molecule has 3 aromatic rings. The third kappa shape index (κ3) is 4.57. The second-order valence-corrected chi connectivity index (χ2v) is 9.61. The van der Waals surface area contributed by atoms with E-state index in [0.29, 0.717) is 12.3 Å². The SMILES string of the molecule is C[C@H]1CCC[C@H](C)N1C(=O)CSc1nnc(-c2ccccc2)n1Cc1ccc2c(c1)OCO2. The lowest BCUT2D eigenvalue weighted by Crippen LogP contribution is -2.48. The Morgan fingerprint density at radius 2 is 1.79 bits per heavy atom. The maximum absolute atomic E-state index is 13.1. The smallest absolute Gasteiger partial charge is 0.233 e. The van der Waals surface area contributed by atoms with Crippen LogP contribution < -0.4 is 9.47 Å². The third-order valence-corrected chi connectivity index (χ3v) is 7.28. The van der Waals surface area contributed by atoms with Gasteiger partial charge in [-0.3, -0.25) is 9.36 Å². The molecule has 2 aliphatic heterocycles. The standard InChI is InChI=1S/C25H28N4O3S/c1-17-7-6-8-18(2)29(17)23(30)15-33-25-27-26-24(20-9-4-3-5-10-20)28(25)14-19-11-12-21-22(13-19)32-16-31-21/h3-5,9-13,17-18H,6-8,14-16H2,1-2H3/t17-,18-/m0/s1. The van der Waals surface area contributed by atoms with Gasteiger partial charge in [0, 0.05) is 17.6 Å². The molecule has 2 aliphatic rings. The molecule has 0 unspecified atom stereocenters. The summed E-state index contributed by atoms with van der Waals surface area (Å²) in [5.41, 5.74) is 2.05. The van der Waals surface area contributed by atoms with E-state index >= 15 is 0 Å². The number of hydrogen-bond acceptors (Lipinski definition) is 6. The van der Waals surface area contributed by atoms with E-state index in [1.165, 1.54) is 18.2 Å². The minimum atomic E-state index is 0.165. The van der Waals surface area contributed by atoms with Crippen LogP contribution >= 0.6 is 11.8 Å². The van der Waals surface area contributed by atoms with E-state index in [1.54, 1.807) is 0 Å². The predicted molar refractivity (Wildman–Crippen MR) is 127 cm³/mol. The Morgan fingerprint density at radius 3 is 2.58 bits per heavy atom. The number of ether oxygens (including phenoxy) is 2. The van der Waals surface area contributed by atoms with Crippen LogP contribution in [0.4, 0.5) is 0 Å². The van der Waals surface area contributed by atoms with Crippen molar-refractivity contribution in [2.24, 2.45) is 0 Å². The second kappa shape index (κ2) is 9.47. The number of likely N-dealkylation sites (tertiary alicyclic amines) is 1. The Labute approximate surface area is 198 Å². The molecule has 1 fully saturated rings. The number of nitrogens with zero attached hydrogens (tertiary/aromatic N) is 4. The highest BCUT2D eigenvalue weighted by Crippen LogP contribution is 2.34. The lowest BCUT2D eigenvalue weighted by molar-refractivity contribution is -0.134. The molecule has 1 aromatic heterocycles. The first kappa shape index (κ1) is 21.8. The molecule has 1 amide bonds. The lowest BCUT2D eigenvalue weighted by Gasteiger charge is -2.39. The van der Waals surface area contributed by atoms with Crippen molar-refractivity contribution in [2.75, 3.05) is 12.5 Å². The van der Waals surface area contributed by atoms with Crippen LogP contribution in [-0.2, 0) is 11.3 Å². The molecule has 33 heavy (non-hydrogen) atoms. The van der Waals surface area contributed by atoms with E-state index in [0.717, 1.165) is 46.4 Å². The van der Waals surface area contributed by atoms with Gasteiger partial charge in [0.2, 0.25) is 12.7 Å². The van der Waals surface area contributed by atoms with E-state index < -0.39 is 0 Å². The normalized spacial score (nSPS) is 19.6. The molecule has 0 spiro atoms. The summed E-state index contributed by atoms with van der Waals surface area (Å²) in [5.74, 6) is 2.81. The molecule has 8 heteroatoms. The van der Waals surface area contributed by atoms with E-state index in [2.05, 4.69) is 28.6 Å². The molecule has 2 aromatic carbocycles. The summed E-state index contributed by atoms with van der Waals surface area (Å²) in [6, 6.07) is 16.5. The summed E-state index contributed by atoms with van der Waals surface area (Å²) < 4.78 is 13.1. The van der Waals surface area contributed by atoms with E-state index in [9.17, 15) is 4.79 Å². The maximum Gasteiger partial charge on any atom is 0.233 e. The number of amides is 1. The molecular formula is C25H28N4O3S. The van der Waals surface area contributed by atoms with Crippen LogP contribution in [0, 0.1) is 0 Å². The fourth-order valence-electron chi connectivity index (χ4n) is 4.67. The monoisotopic (exact) mass is 464 g/mol. The Morgan fingerprint density at radius 1 is 1.03 bits per heavy atom. The van der Waals surface area contributed by atoms with Crippen LogP contribution in [0.15, 0.2) is 53.7 Å². The topological polar surface area (TPSA) is 69.5 Å². The van der Waals surface area contributed by atoms with Gasteiger partial charge in [-0.25, -0.2) is 0 Å². The van der Waals surface area contributed by atoms with Crippen LogP contribution in [0.1, 0.15) is 38.7 Å². The van der Waals surface area contributed by atoms with Crippen LogP contribution in [-0.4, -0.2) is 50.2 Å². The van der Waals surface area contributed by atoms with Gasteiger partial charge in [0.05, 0.1) is 12.3 Å². The summed E-state index contributed by atoms with van der Waals surface area (Å²) in [6.45, 7) is 5.11. The lowest BCUT2D eigenvalue weighted by atomic mass is 9.98. The Balaban J connectivity index is 1.40. The number of fused-ring (bicyclic) bond motifs is 1. The zero-order valence-corrected chi connectivity index (χ0v) is 19.8. The summed E-state index contributed by atoms with van der Waals surface area (Å²) in [4.78, 5) is 15.1. The number of rotatable bonds is 6. The van der Waals surface area contributed by atoms with Gasteiger partial charge in [-0.15, -0.1) is 10.2 Å². The minimum absolute atomic E-state index is 0.165. The minimum Gasteiger partial charge on any atom is -0.454 e. The van der Waals surface area contributed by atoms with Gasteiger partial charge in [-0.1, -0.05) is 48.2 Å². The average molecular weight is 465 g/mol. The largest absolute Gasteiger partial charge is 0.454 e.